The summed E-state index contributed by atoms with van der Waals surface area (Å²) in [6.45, 7) is 5.07. The molecule has 0 rings (SSSR count). The summed E-state index contributed by atoms with van der Waals surface area (Å²) in [6.07, 6.45) is 1.60. The van der Waals surface area contributed by atoms with Crippen LogP contribution in [-0.2, 0) is 9.53 Å². The first-order valence-corrected chi connectivity index (χ1v) is 2.72. The number of carbonyl (C=O) groups is 1. The Balaban J connectivity index is 3.88. The molecule has 0 saturated heterocycles. The maximum absolute atomic E-state index is 10.6. The first kappa shape index (κ1) is 8.68. The second-order valence-electron chi connectivity index (χ2n) is 1.34. The van der Waals surface area contributed by atoms with E-state index in [9.17, 15) is 9.59 Å². The molecule has 0 fully saturated rings. The highest BCUT2D eigenvalue weighted by Crippen LogP contribution is 1.89. The monoisotopic (exact) mass is 142 g/mol. The Morgan fingerprint density at radius 1 is 1.90 bits per heavy atom. The quantitative estimate of drug-likeness (QED) is 0.543. The Labute approximate surface area is 59.1 Å². The number of carbonyl (C=O) groups excluding carboxylic acids is 2. The minimum atomic E-state index is -0.757. The van der Waals surface area contributed by atoms with Gasteiger partial charge in [-0.1, -0.05) is 6.58 Å². The highest BCUT2D eigenvalue weighted by molar-refractivity contribution is 5.81. The first-order chi connectivity index (χ1) is 4.76. The third-order valence-corrected chi connectivity index (χ3v) is 0.745. The molecule has 4 nitrogen and oxygen atoms in total. The van der Waals surface area contributed by atoms with Crippen LogP contribution in [0.1, 0.15) is 6.92 Å². The van der Waals surface area contributed by atoms with Gasteiger partial charge in [0.2, 0.25) is 0 Å². The Morgan fingerprint density at radius 3 is 2.80 bits per heavy atom. The summed E-state index contributed by atoms with van der Waals surface area (Å²) in [6, 6.07) is 0. The van der Waals surface area contributed by atoms with Gasteiger partial charge in [-0.15, -0.1) is 0 Å². The van der Waals surface area contributed by atoms with Crippen LogP contribution in [0, 0.1) is 0 Å². The van der Waals surface area contributed by atoms with Crippen molar-refractivity contribution in [3.8, 4) is 0 Å². The Morgan fingerprint density at radius 2 is 2.50 bits per heavy atom. The molecule has 0 aliphatic rings. The second kappa shape index (κ2) is 4.55. The molecule has 0 aromatic rings. The smallest absolute Gasteiger partial charge is 0.421 e. The molecule has 0 saturated carbocycles. The Hall–Kier alpha value is -1.32. The number of hydrogen-bond acceptors (Lipinski definition) is 3. The zero-order valence-corrected chi connectivity index (χ0v) is 5.66. The second-order valence-corrected chi connectivity index (χ2v) is 1.34. The molecule has 0 N–H and O–H groups in total. The van der Waals surface area contributed by atoms with Crippen LogP contribution in [0.2, 0.25) is 0 Å². The molecule has 0 unspecified atom stereocenters. The Bertz CT molecular complexity index is 136. The summed E-state index contributed by atoms with van der Waals surface area (Å²) >= 11 is 0. The fourth-order valence-electron chi connectivity index (χ4n) is 0.342. The van der Waals surface area contributed by atoms with Crippen LogP contribution in [0.5, 0.6) is 0 Å². The lowest BCUT2D eigenvalue weighted by Crippen LogP contribution is -2.24. The molecular formula is C6H8NO3. The highest BCUT2D eigenvalue weighted by Gasteiger charge is 2.08. The largest absolute Gasteiger partial charge is 0.449 e. The SMILES string of the molecule is C=CN([C]=O)C(=O)OCC. The summed E-state index contributed by atoms with van der Waals surface area (Å²) in [4.78, 5) is 21.1. The molecule has 0 atom stereocenters. The summed E-state index contributed by atoms with van der Waals surface area (Å²) < 4.78 is 4.44. The molecule has 4 heteroatoms. The van der Waals surface area contributed by atoms with Gasteiger partial charge in [0.1, 0.15) is 0 Å². The van der Waals surface area contributed by atoms with Gasteiger partial charge >= 0.3 is 12.5 Å². The number of ether oxygens (including phenoxy) is 1. The van der Waals surface area contributed by atoms with Crippen molar-refractivity contribution in [2.45, 2.75) is 6.92 Å². The summed E-state index contributed by atoms with van der Waals surface area (Å²) in [5, 5.41) is 0. The van der Waals surface area contributed by atoms with Crippen molar-refractivity contribution < 1.29 is 14.3 Å². The molecule has 0 aliphatic carbocycles. The number of imide groups is 1. The van der Waals surface area contributed by atoms with E-state index in [1.807, 2.05) is 0 Å². The molecule has 0 spiro atoms. The maximum atomic E-state index is 10.6. The molecule has 10 heavy (non-hydrogen) atoms. The molecule has 2 amide bonds. The molecule has 55 valence electrons. The van der Waals surface area contributed by atoms with Crippen LogP contribution in [0.3, 0.4) is 0 Å². The lowest BCUT2D eigenvalue weighted by Gasteiger charge is -2.06. The van der Waals surface area contributed by atoms with E-state index in [1.54, 1.807) is 6.92 Å². The van der Waals surface area contributed by atoms with Crippen molar-refractivity contribution in [1.29, 1.82) is 0 Å². The van der Waals surface area contributed by atoms with Gasteiger partial charge in [0.25, 0.3) is 0 Å². The molecular weight excluding hydrogens is 134 g/mol. The van der Waals surface area contributed by atoms with E-state index < -0.39 is 6.09 Å². The maximum Gasteiger partial charge on any atom is 0.421 e. The van der Waals surface area contributed by atoms with Crippen LogP contribution in [0.4, 0.5) is 4.79 Å². The van der Waals surface area contributed by atoms with Crippen molar-refractivity contribution in [2.75, 3.05) is 6.61 Å². The van der Waals surface area contributed by atoms with Crippen LogP contribution in [0.25, 0.3) is 0 Å². The number of rotatable bonds is 3. The Kier molecular flexibility index (Phi) is 3.95. The minimum Gasteiger partial charge on any atom is -0.449 e. The van der Waals surface area contributed by atoms with Crippen LogP contribution in [0.15, 0.2) is 12.8 Å². The lowest BCUT2D eigenvalue weighted by atomic mass is 10.8. The van der Waals surface area contributed by atoms with E-state index >= 15 is 0 Å². The molecule has 0 heterocycles. The van der Waals surface area contributed by atoms with Gasteiger partial charge in [0, 0.05) is 6.20 Å². The molecule has 0 bridgehead atoms. The predicted octanol–water partition coefficient (Wildman–Crippen LogP) is 0.656. The molecule has 0 aromatic heterocycles. The lowest BCUT2D eigenvalue weighted by molar-refractivity contribution is 0.137. The van der Waals surface area contributed by atoms with E-state index in [-0.39, 0.29) is 6.61 Å². The average molecular weight is 142 g/mol. The van der Waals surface area contributed by atoms with Crippen molar-refractivity contribution in [3.63, 3.8) is 0 Å². The fraction of sp³-hybridized carbons (Fsp3) is 0.333. The third-order valence-electron chi connectivity index (χ3n) is 0.745. The third kappa shape index (κ3) is 2.30. The van der Waals surface area contributed by atoms with Gasteiger partial charge in [0.15, 0.2) is 0 Å². The van der Waals surface area contributed by atoms with E-state index in [1.165, 1.54) is 6.41 Å². The zero-order chi connectivity index (χ0) is 7.98. The van der Waals surface area contributed by atoms with E-state index in [0.29, 0.717) is 4.90 Å². The van der Waals surface area contributed by atoms with Gasteiger partial charge in [-0.2, -0.15) is 0 Å². The topological polar surface area (TPSA) is 46.6 Å². The number of amides is 2. The van der Waals surface area contributed by atoms with E-state index in [0.717, 1.165) is 6.20 Å². The first-order valence-electron chi connectivity index (χ1n) is 2.72. The normalized spacial score (nSPS) is 8.10. The van der Waals surface area contributed by atoms with Gasteiger partial charge in [-0.3, -0.25) is 4.79 Å². The van der Waals surface area contributed by atoms with E-state index in [4.69, 9.17) is 0 Å². The van der Waals surface area contributed by atoms with Gasteiger partial charge in [-0.05, 0) is 6.92 Å². The van der Waals surface area contributed by atoms with Crippen LogP contribution in [-0.4, -0.2) is 24.0 Å². The summed E-state index contributed by atoms with van der Waals surface area (Å²) in [7, 11) is 0. The van der Waals surface area contributed by atoms with Crippen molar-refractivity contribution in [3.05, 3.63) is 12.8 Å². The van der Waals surface area contributed by atoms with Crippen molar-refractivity contribution in [2.24, 2.45) is 0 Å². The summed E-state index contributed by atoms with van der Waals surface area (Å²) in [5.74, 6) is 0. The van der Waals surface area contributed by atoms with Gasteiger partial charge in [-0.25, -0.2) is 9.69 Å². The van der Waals surface area contributed by atoms with Gasteiger partial charge < -0.3 is 4.74 Å². The standard InChI is InChI=1S/C6H8NO3/c1-3-7(5-8)6(9)10-4-2/h3H,1,4H2,2H3. The predicted molar refractivity (Wildman–Crippen MR) is 34.8 cm³/mol. The number of hydrogen-bond donors (Lipinski definition) is 0. The highest BCUT2D eigenvalue weighted by atomic mass is 16.6. The molecule has 0 aliphatic heterocycles. The van der Waals surface area contributed by atoms with Crippen LogP contribution < -0.4 is 0 Å². The number of nitrogens with zero attached hydrogens (tertiary/aromatic N) is 1. The van der Waals surface area contributed by atoms with Crippen molar-refractivity contribution >= 4 is 12.5 Å². The summed E-state index contributed by atoms with van der Waals surface area (Å²) in [5.41, 5.74) is 0. The average Bonchev–Trinajstić information content (AvgIpc) is 1.91. The fourth-order valence-corrected chi connectivity index (χ4v) is 0.342. The van der Waals surface area contributed by atoms with E-state index in [2.05, 4.69) is 11.3 Å². The molecule has 0 aromatic carbocycles. The van der Waals surface area contributed by atoms with Gasteiger partial charge in [0.05, 0.1) is 6.61 Å². The zero-order valence-electron chi connectivity index (χ0n) is 5.66. The van der Waals surface area contributed by atoms with Crippen LogP contribution >= 0.6 is 0 Å². The minimum absolute atomic E-state index is 0.227. The van der Waals surface area contributed by atoms with Crippen molar-refractivity contribution in [1.82, 2.24) is 4.90 Å². The molecule has 1 radical (unpaired) electrons.